The van der Waals surface area contributed by atoms with E-state index in [1.165, 1.54) is 0 Å². The summed E-state index contributed by atoms with van der Waals surface area (Å²) in [7, 11) is 1.88. The molecule has 0 spiro atoms. The minimum absolute atomic E-state index is 0.0362. The number of nitrogens with one attached hydrogen (secondary N) is 1. The van der Waals surface area contributed by atoms with E-state index in [0.717, 1.165) is 12.1 Å². The second kappa shape index (κ2) is 7.64. The summed E-state index contributed by atoms with van der Waals surface area (Å²) in [6.07, 6.45) is 0.0362. The summed E-state index contributed by atoms with van der Waals surface area (Å²) in [5.41, 5.74) is 7.11. The normalized spacial score (nSPS) is 12.9. The molecule has 0 saturated carbocycles. The van der Waals surface area contributed by atoms with Crippen LogP contribution in [0, 0.1) is 0 Å². The summed E-state index contributed by atoms with van der Waals surface area (Å²) in [5, 5.41) is 14.4. The van der Waals surface area contributed by atoms with Gasteiger partial charge >= 0.3 is 0 Å². The second-order valence-corrected chi connectivity index (χ2v) is 5.78. The molecular weight excluding hydrogens is 266 g/mol. The third-order valence-corrected chi connectivity index (χ3v) is 2.52. The molecule has 114 valence electrons. The quantitative estimate of drug-likeness (QED) is 0.277. The van der Waals surface area contributed by atoms with Gasteiger partial charge in [0.15, 0.2) is 5.78 Å². The molecule has 6 heteroatoms. The number of amidine groups is 1. The van der Waals surface area contributed by atoms with Crippen LogP contribution < -0.4 is 11.1 Å². The SMILES string of the molecule is CNCc1ccc(C(=O)C/C(N)=N/N=NC(C)(C)C)cc1. The first-order chi connectivity index (χ1) is 9.81. The van der Waals surface area contributed by atoms with E-state index < -0.39 is 0 Å². The largest absolute Gasteiger partial charge is 0.385 e. The number of rotatable bonds is 6. The van der Waals surface area contributed by atoms with Crippen molar-refractivity contribution in [1.29, 1.82) is 0 Å². The molecule has 0 aliphatic rings. The summed E-state index contributed by atoms with van der Waals surface area (Å²) >= 11 is 0. The van der Waals surface area contributed by atoms with Crippen LogP contribution in [0.2, 0.25) is 0 Å². The predicted octanol–water partition coefficient (Wildman–Crippen LogP) is 2.50. The Morgan fingerprint density at radius 2 is 1.86 bits per heavy atom. The van der Waals surface area contributed by atoms with Gasteiger partial charge in [0, 0.05) is 12.1 Å². The molecule has 0 aliphatic heterocycles. The monoisotopic (exact) mass is 289 g/mol. The standard InChI is InChI=1S/C15H23N5O/c1-15(2,3)19-20-18-14(16)9-13(21)12-7-5-11(6-8-12)10-17-4/h5-8,17H,9-10H2,1-4H3,(H2,16,18,19). The van der Waals surface area contributed by atoms with Crippen LogP contribution in [0.3, 0.4) is 0 Å². The third-order valence-electron chi connectivity index (χ3n) is 2.52. The summed E-state index contributed by atoms with van der Waals surface area (Å²) in [5.74, 6) is 0.0746. The Kier molecular flexibility index (Phi) is 6.17. The van der Waals surface area contributed by atoms with Crippen molar-refractivity contribution in [2.45, 2.75) is 39.3 Å². The lowest BCUT2D eigenvalue weighted by Gasteiger charge is -2.07. The summed E-state index contributed by atoms with van der Waals surface area (Å²) in [6, 6.07) is 7.41. The Bertz CT molecular complexity index is 526. The van der Waals surface area contributed by atoms with Gasteiger partial charge in [-0.15, -0.1) is 5.10 Å². The van der Waals surface area contributed by atoms with Crippen molar-refractivity contribution in [3.05, 3.63) is 35.4 Å². The number of carbonyl (C=O) groups is 1. The molecule has 21 heavy (non-hydrogen) atoms. The molecule has 0 atom stereocenters. The zero-order chi connectivity index (χ0) is 15.9. The second-order valence-electron chi connectivity index (χ2n) is 5.78. The Morgan fingerprint density at radius 3 is 2.38 bits per heavy atom. The fourth-order valence-corrected chi connectivity index (χ4v) is 1.53. The predicted molar refractivity (Wildman–Crippen MR) is 84.4 cm³/mol. The molecule has 6 nitrogen and oxygen atoms in total. The first-order valence-electron chi connectivity index (χ1n) is 6.83. The zero-order valence-corrected chi connectivity index (χ0v) is 13.1. The van der Waals surface area contributed by atoms with Gasteiger partial charge in [-0.1, -0.05) is 24.3 Å². The van der Waals surface area contributed by atoms with Gasteiger partial charge in [0.25, 0.3) is 0 Å². The molecule has 1 aromatic rings. The molecule has 0 heterocycles. The Labute approximate surface area is 125 Å². The van der Waals surface area contributed by atoms with Gasteiger partial charge in [-0.25, -0.2) is 0 Å². The number of nitrogens with zero attached hydrogens (tertiary/aromatic N) is 3. The molecule has 3 N–H and O–H groups in total. The van der Waals surface area contributed by atoms with Gasteiger partial charge in [0.05, 0.1) is 12.0 Å². The number of ketones is 1. The highest BCUT2D eigenvalue weighted by Gasteiger charge is 2.09. The summed E-state index contributed by atoms with van der Waals surface area (Å²) < 4.78 is 0. The van der Waals surface area contributed by atoms with E-state index in [-0.39, 0.29) is 23.6 Å². The van der Waals surface area contributed by atoms with Crippen molar-refractivity contribution in [2.75, 3.05) is 7.05 Å². The lowest BCUT2D eigenvalue weighted by Crippen LogP contribution is -2.17. The van der Waals surface area contributed by atoms with Crippen LogP contribution in [0.25, 0.3) is 0 Å². The molecule has 0 aromatic heterocycles. The van der Waals surface area contributed by atoms with Gasteiger partial charge in [0.1, 0.15) is 5.84 Å². The van der Waals surface area contributed by atoms with Crippen LogP contribution in [-0.4, -0.2) is 24.2 Å². The molecule has 0 fully saturated rings. The van der Waals surface area contributed by atoms with Crippen molar-refractivity contribution in [1.82, 2.24) is 5.32 Å². The molecule has 1 rings (SSSR count). The topological polar surface area (TPSA) is 92.2 Å². The third kappa shape index (κ3) is 6.76. The maximum Gasteiger partial charge on any atom is 0.170 e. The van der Waals surface area contributed by atoms with Crippen LogP contribution in [0.1, 0.15) is 43.1 Å². The highest BCUT2D eigenvalue weighted by atomic mass is 16.1. The highest BCUT2D eigenvalue weighted by molar-refractivity contribution is 6.08. The minimum Gasteiger partial charge on any atom is -0.385 e. The molecule has 0 saturated heterocycles. The van der Waals surface area contributed by atoms with Gasteiger partial charge in [0.2, 0.25) is 0 Å². The smallest absolute Gasteiger partial charge is 0.170 e. The number of Topliss-reactive ketones (excluding diaryl/α,β-unsaturated/α-hetero) is 1. The lowest BCUT2D eigenvalue weighted by atomic mass is 10.1. The molecule has 0 radical (unpaired) electrons. The molecule has 0 amide bonds. The maximum absolute atomic E-state index is 12.0. The van der Waals surface area contributed by atoms with E-state index in [1.54, 1.807) is 12.1 Å². The number of hydrogen-bond acceptors (Lipinski definition) is 4. The number of carbonyl (C=O) groups excluding carboxylic acids is 1. The highest BCUT2D eigenvalue weighted by Crippen LogP contribution is 2.08. The molecule has 1 aromatic carbocycles. The van der Waals surface area contributed by atoms with Gasteiger partial charge < -0.3 is 11.1 Å². The van der Waals surface area contributed by atoms with Crippen molar-refractivity contribution in [2.24, 2.45) is 21.2 Å². The fraction of sp³-hybridized carbons (Fsp3) is 0.467. The van der Waals surface area contributed by atoms with Crippen LogP contribution in [0.5, 0.6) is 0 Å². The van der Waals surface area contributed by atoms with Gasteiger partial charge in [-0.3, -0.25) is 4.79 Å². The van der Waals surface area contributed by atoms with E-state index in [0.29, 0.717) is 5.56 Å². The van der Waals surface area contributed by atoms with Crippen molar-refractivity contribution in [3.63, 3.8) is 0 Å². The maximum atomic E-state index is 12.0. The number of benzene rings is 1. The number of nitrogens with two attached hydrogens (primary N) is 1. The lowest BCUT2D eigenvalue weighted by molar-refractivity contribution is 0.100. The van der Waals surface area contributed by atoms with E-state index in [2.05, 4.69) is 20.8 Å². The fourth-order valence-electron chi connectivity index (χ4n) is 1.53. The minimum atomic E-state index is -0.309. The molecule has 0 aliphatic carbocycles. The first kappa shape index (κ1) is 17.0. The van der Waals surface area contributed by atoms with Crippen molar-refractivity contribution >= 4 is 11.6 Å². The van der Waals surface area contributed by atoms with Crippen LogP contribution in [0.4, 0.5) is 0 Å². The van der Waals surface area contributed by atoms with E-state index >= 15 is 0 Å². The average Bonchev–Trinajstić information content (AvgIpc) is 2.38. The average molecular weight is 289 g/mol. The van der Waals surface area contributed by atoms with E-state index in [9.17, 15) is 4.79 Å². The van der Waals surface area contributed by atoms with Crippen molar-refractivity contribution < 1.29 is 4.79 Å². The van der Waals surface area contributed by atoms with Gasteiger partial charge in [-0.2, -0.15) is 5.11 Å². The molecular formula is C15H23N5O. The number of hydrogen-bond donors (Lipinski definition) is 2. The van der Waals surface area contributed by atoms with Crippen LogP contribution in [0.15, 0.2) is 39.7 Å². The Balaban J connectivity index is 2.63. The van der Waals surface area contributed by atoms with Crippen LogP contribution in [-0.2, 0) is 6.54 Å². The Morgan fingerprint density at radius 1 is 1.24 bits per heavy atom. The summed E-state index contributed by atoms with van der Waals surface area (Å²) in [6.45, 7) is 6.48. The van der Waals surface area contributed by atoms with Crippen LogP contribution >= 0.6 is 0 Å². The summed E-state index contributed by atoms with van der Waals surface area (Å²) in [4.78, 5) is 12.0. The zero-order valence-electron chi connectivity index (χ0n) is 13.1. The molecule has 0 bridgehead atoms. The Hall–Kier alpha value is -2.08. The van der Waals surface area contributed by atoms with Gasteiger partial charge in [-0.05, 0) is 38.6 Å². The van der Waals surface area contributed by atoms with E-state index in [4.69, 9.17) is 5.73 Å². The van der Waals surface area contributed by atoms with Crippen molar-refractivity contribution in [3.8, 4) is 0 Å². The molecule has 0 unspecified atom stereocenters. The first-order valence-corrected chi connectivity index (χ1v) is 6.83. The van der Waals surface area contributed by atoms with E-state index in [1.807, 2.05) is 40.0 Å².